The summed E-state index contributed by atoms with van der Waals surface area (Å²) in [7, 11) is 3.09. The Morgan fingerprint density at radius 3 is 1.82 bits per heavy atom. The lowest BCUT2D eigenvalue weighted by Gasteiger charge is -2.14. The lowest BCUT2D eigenvalue weighted by molar-refractivity contribution is 0.0777. The van der Waals surface area contributed by atoms with Crippen LogP contribution in [-0.2, 0) is 0 Å². The number of carbonyl (C=O) groups is 2. The number of nitrogens with zero attached hydrogens (tertiary/aromatic N) is 1. The molecule has 2 amide bonds. The van der Waals surface area contributed by atoms with Gasteiger partial charge in [-0.15, -0.1) is 0 Å². The van der Waals surface area contributed by atoms with Crippen molar-refractivity contribution in [2.45, 2.75) is 4.90 Å². The summed E-state index contributed by atoms with van der Waals surface area (Å²) in [5.41, 5.74) is 0.852. The van der Waals surface area contributed by atoms with Crippen LogP contribution < -0.4 is 9.47 Å². The van der Waals surface area contributed by atoms with E-state index >= 15 is 0 Å². The van der Waals surface area contributed by atoms with Crippen LogP contribution in [0, 0.1) is 0 Å². The second kappa shape index (κ2) is 5.73. The molecule has 0 atom stereocenters. The normalized spacial score (nSPS) is 13.3. The van der Waals surface area contributed by atoms with Crippen LogP contribution >= 0.6 is 11.9 Å². The zero-order valence-corrected chi connectivity index (χ0v) is 12.8. The highest BCUT2D eigenvalue weighted by Crippen LogP contribution is 2.36. The first-order chi connectivity index (χ1) is 10.6. The number of ether oxygens (including phenoxy) is 2. The number of amides is 2. The molecule has 0 spiro atoms. The Morgan fingerprint density at radius 2 is 1.36 bits per heavy atom. The molecular formula is C16H13NO4S. The van der Waals surface area contributed by atoms with E-state index in [0.717, 1.165) is 16.3 Å². The third-order valence-corrected chi connectivity index (χ3v) is 4.24. The highest BCUT2D eigenvalue weighted by Gasteiger charge is 2.36. The summed E-state index contributed by atoms with van der Waals surface area (Å²) < 4.78 is 11.5. The van der Waals surface area contributed by atoms with Crippen molar-refractivity contribution in [3.05, 3.63) is 53.6 Å². The van der Waals surface area contributed by atoms with Gasteiger partial charge in [-0.1, -0.05) is 12.1 Å². The summed E-state index contributed by atoms with van der Waals surface area (Å²) in [6.07, 6.45) is 0. The molecule has 1 aliphatic heterocycles. The smallest absolute Gasteiger partial charge is 0.272 e. The van der Waals surface area contributed by atoms with E-state index in [2.05, 4.69) is 0 Å². The fraction of sp³-hybridized carbons (Fsp3) is 0.125. The zero-order chi connectivity index (χ0) is 15.7. The monoisotopic (exact) mass is 315 g/mol. The third-order valence-electron chi connectivity index (χ3n) is 3.28. The van der Waals surface area contributed by atoms with Crippen LogP contribution in [0.15, 0.2) is 47.4 Å². The average Bonchev–Trinajstić information content (AvgIpc) is 2.80. The fourth-order valence-electron chi connectivity index (χ4n) is 2.19. The number of rotatable bonds is 4. The maximum absolute atomic E-state index is 12.3. The van der Waals surface area contributed by atoms with Crippen molar-refractivity contribution < 1.29 is 19.1 Å². The average molecular weight is 315 g/mol. The van der Waals surface area contributed by atoms with Crippen molar-refractivity contribution in [1.82, 2.24) is 4.31 Å². The van der Waals surface area contributed by atoms with Crippen LogP contribution in [0.5, 0.6) is 11.5 Å². The Bertz CT molecular complexity index is 702. The molecule has 1 heterocycles. The van der Waals surface area contributed by atoms with E-state index < -0.39 is 0 Å². The molecule has 1 aliphatic rings. The summed E-state index contributed by atoms with van der Waals surface area (Å²) in [6, 6.07) is 12.0. The van der Waals surface area contributed by atoms with Crippen molar-refractivity contribution in [1.29, 1.82) is 0 Å². The molecule has 5 nitrogen and oxygen atoms in total. The van der Waals surface area contributed by atoms with Gasteiger partial charge >= 0.3 is 0 Å². The van der Waals surface area contributed by atoms with Crippen molar-refractivity contribution in [3.8, 4) is 11.5 Å². The Kier molecular flexibility index (Phi) is 3.77. The maximum atomic E-state index is 12.3. The topological polar surface area (TPSA) is 55.8 Å². The van der Waals surface area contributed by atoms with Gasteiger partial charge in [-0.2, -0.15) is 0 Å². The van der Waals surface area contributed by atoms with Gasteiger partial charge in [0, 0.05) is 11.0 Å². The number of carbonyl (C=O) groups excluding carboxylic acids is 2. The SMILES string of the molecule is COc1cc(OC)cc(SN2C(=O)c3ccccc3C2=O)c1. The molecular weight excluding hydrogens is 302 g/mol. The van der Waals surface area contributed by atoms with Crippen molar-refractivity contribution in [2.24, 2.45) is 0 Å². The first-order valence-electron chi connectivity index (χ1n) is 6.53. The largest absolute Gasteiger partial charge is 0.497 e. The summed E-state index contributed by atoms with van der Waals surface area (Å²) in [5, 5.41) is 0. The first-order valence-corrected chi connectivity index (χ1v) is 7.30. The van der Waals surface area contributed by atoms with E-state index in [9.17, 15) is 9.59 Å². The Morgan fingerprint density at radius 1 is 0.864 bits per heavy atom. The van der Waals surface area contributed by atoms with E-state index in [1.54, 1.807) is 56.7 Å². The minimum Gasteiger partial charge on any atom is -0.497 e. The molecule has 0 N–H and O–H groups in total. The van der Waals surface area contributed by atoms with Gasteiger partial charge < -0.3 is 9.47 Å². The van der Waals surface area contributed by atoms with E-state index in [4.69, 9.17) is 9.47 Å². The predicted molar refractivity (Wildman–Crippen MR) is 82.3 cm³/mol. The molecule has 0 bridgehead atoms. The van der Waals surface area contributed by atoms with Gasteiger partial charge in [0.15, 0.2) is 0 Å². The summed E-state index contributed by atoms with van der Waals surface area (Å²) in [5.74, 6) is 0.566. The molecule has 0 unspecified atom stereocenters. The molecule has 0 fully saturated rings. The number of fused-ring (bicyclic) bond motifs is 1. The molecule has 6 heteroatoms. The number of hydrogen-bond donors (Lipinski definition) is 0. The second-order valence-corrected chi connectivity index (χ2v) is 5.61. The van der Waals surface area contributed by atoms with Crippen LogP contribution in [0.4, 0.5) is 0 Å². The van der Waals surface area contributed by atoms with Crippen LogP contribution in [0.1, 0.15) is 20.7 Å². The fourth-order valence-corrected chi connectivity index (χ4v) is 3.10. The van der Waals surface area contributed by atoms with Crippen molar-refractivity contribution >= 4 is 23.8 Å². The molecule has 0 saturated carbocycles. The van der Waals surface area contributed by atoms with Crippen molar-refractivity contribution in [3.63, 3.8) is 0 Å². The first kappa shape index (κ1) is 14.5. The minimum atomic E-state index is -0.313. The molecule has 22 heavy (non-hydrogen) atoms. The molecule has 0 aliphatic carbocycles. The van der Waals surface area contributed by atoms with Gasteiger partial charge in [-0.05, 0) is 36.2 Å². The van der Waals surface area contributed by atoms with Crippen LogP contribution in [0.25, 0.3) is 0 Å². The zero-order valence-electron chi connectivity index (χ0n) is 12.0. The van der Waals surface area contributed by atoms with E-state index in [1.165, 1.54) is 0 Å². The number of benzene rings is 2. The van der Waals surface area contributed by atoms with E-state index in [1.807, 2.05) is 0 Å². The van der Waals surface area contributed by atoms with Crippen molar-refractivity contribution in [2.75, 3.05) is 14.2 Å². The Labute approximate surface area is 132 Å². The van der Waals surface area contributed by atoms with Crippen LogP contribution in [0.2, 0.25) is 0 Å². The van der Waals surface area contributed by atoms with Crippen LogP contribution in [0.3, 0.4) is 0 Å². The lowest BCUT2D eigenvalue weighted by Crippen LogP contribution is -2.21. The highest BCUT2D eigenvalue weighted by atomic mass is 32.2. The molecule has 2 aromatic rings. The second-order valence-electron chi connectivity index (χ2n) is 4.59. The number of imide groups is 1. The molecule has 3 rings (SSSR count). The van der Waals surface area contributed by atoms with Gasteiger partial charge in [0.1, 0.15) is 11.5 Å². The molecule has 0 aromatic heterocycles. The number of hydrogen-bond acceptors (Lipinski definition) is 5. The van der Waals surface area contributed by atoms with Gasteiger partial charge in [0.25, 0.3) is 11.8 Å². The third kappa shape index (κ3) is 2.42. The molecule has 0 saturated heterocycles. The summed E-state index contributed by atoms with van der Waals surface area (Å²) >= 11 is 1.06. The standard InChI is InChI=1S/C16H13NO4S/c1-20-10-7-11(21-2)9-12(8-10)22-17-15(18)13-5-3-4-6-14(13)16(17)19/h3-9H,1-2H3. The minimum absolute atomic E-state index is 0.313. The quantitative estimate of drug-likeness (QED) is 0.641. The van der Waals surface area contributed by atoms with Gasteiger partial charge in [0.2, 0.25) is 0 Å². The summed E-state index contributed by atoms with van der Waals surface area (Å²) in [4.78, 5) is 25.4. The van der Waals surface area contributed by atoms with E-state index in [0.29, 0.717) is 27.5 Å². The molecule has 112 valence electrons. The summed E-state index contributed by atoms with van der Waals surface area (Å²) in [6.45, 7) is 0. The van der Waals surface area contributed by atoms with Gasteiger partial charge in [0.05, 0.1) is 25.3 Å². The Balaban J connectivity index is 1.92. The Hall–Kier alpha value is -2.47. The number of methoxy groups -OCH3 is 2. The highest BCUT2D eigenvalue weighted by molar-refractivity contribution is 7.98. The molecule has 2 aromatic carbocycles. The van der Waals surface area contributed by atoms with E-state index in [-0.39, 0.29) is 11.8 Å². The predicted octanol–water partition coefficient (Wildman–Crippen LogP) is 3.01. The molecule has 0 radical (unpaired) electrons. The van der Waals surface area contributed by atoms with Crippen LogP contribution in [-0.4, -0.2) is 30.3 Å². The van der Waals surface area contributed by atoms with Gasteiger partial charge in [-0.3, -0.25) is 9.59 Å². The van der Waals surface area contributed by atoms with Gasteiger partial charge in [-0.25, -0.2) is 4.31 Å². The maximum Gasteiger partial charge on any atom is 0.272 e. The lowest BCUT2D eigenvalue weighted by atomic mass is 10.1.